The Morgan fingerprint density at radius 1 is 1.15 bits per heavy atom. The zero-order chi connectivity index (χ0) is 27.4. The van der Waals surface area contributed by atoms with Crippen LogP contribution in [0.15, 0.2) is 42.6 Å². The fraction of sp³-hybridized carbons (Fsp3) is 0.545. The molecule has 1 amide bonds. The van der Waals surface area contributed by atoms with E-state index in [4.69, 9.17) is 9.47 Å². The van der Waals surface area contributed by atoms with Crippen LogP contribution in [-0.4, -0.2) is 73.7 Å². The van der Waals surface area contributed by atoms with E-state index in [1.54, 1.807) is 14.2 Å². The molecule has 0 bridgehead atoms. The summed E-state index contributed by atoms with van der Waals surface area (Å²) in [7, 11) is 3.54. The number of aromatic amines is 1. The number of hydrogen-bond acceptors (Lipinski definition) is 5. The molecule has 1 aromatic heterocycles. The summed E-state index contributed by atoms with van der Waals surface area (Å²) in [5, 5.41) is 4.35. The van der Waals surface area contributed by atoms with Crippen LogP contribution in [0.5, 0.6) is 5.75 Å². The summed E-state index contributed by atoms with van der Waals surface area (Å²) in [6.45, 7) is 7.51. The molecular formula is C33H42N4O3. The zero-order valence-electron chi connectivity index (χ0n) is 24.0. The van der Waals surface area contributed by atoms with E-state index in [0.717, 1.165) is 55.9 Å². The third-order valence-corrected chi connectivity index (χ3v) is 10.5. The minimum atomic E-state index is 0.00592. The Bertz CT molecular complexity index is 1390. The van der Waals surface area contributed by atoms with E-state index in [1.165, 1.54) is 53.3 Å². The smallest absolute Gasteiger partial charge is 0.251 e. The number of H-pyrrole nitrogens is 1. The second-order valence-electron chi connectivity index (χ2n) is 12.7. The van der Waals surface area contributed by atoms with E-state index in [2.05, 4.69) is 51.3 Å². The summed E-state index contributed by atoms with van der Waals surface area (Å²) < 4.78 is 11.2. The lowest BCUT2D eigenvalue weighted by molar-refractivity contribution is -0.0281. The number of rotatable bonds is 9. The maximum Gasteiger partial charge on any atom is 0.251 e. The molecule has 1 unspecified atom stereocenters. The van der Waals surface area contributed by atoms with Crippen LogP contribution in [0.3, 0.4) is 0 Å². The predicted molar refractivity (Wildman–Crippen MR) is 157 cm³/mol. The molecule has 7 heteroatoms. The van der Waals surface area contributed by atoms with Crippen molar-refractivity contribution in [1.29, 1.82) is 0 Å². The molecule has 2 aliphatic carbocycles. The zero-order valence-corrected chi connectivity index (χ0v) is 24.0. The largest absolute Gasteiger partial charge is 0.496 e. The molecule has 4 atom stereocenters. The Morgan fingerprint density at radius 3 is 2.67 bits per heavy atom. The second-order valence-corrected chi connectivity index (χ2v) is 12.7. The lowest BCUT2D eigenvalue weighted by Gasteiger charge is -2.52. The van der Waals surface area contributed by atoms with Gasteiger partial charge in [-0.3, -0.25) is 14.6 Å². The van der Waals surface area contributed by atoms with Gasteiger partial charge in [0.05, 0.1) is 13.2 Å². The van der Waals surface area contributed by atoms with Crippen molar-refractivity contribution in [2.75, 3.05) is 46.9 Å². The van der Waals surface area contributed by atoms with E-state index < -0.39 is 0 Å². The first kappa shape index (κ1) is 26.1. The van der Waals surface area contributed by atoms with Crippen LogP contribution in [0, 0.1) is 24.2 Å². The van der Waals surface area contributed by atoms with Crippen molar-refractivity contribution in [3.05, 3.63) is 64.8 Å². The van der Waals surface area contributed by atoms with Gasteiger partial charge in [0.2, 0.25) is 0 Å². The lowest BCUT2D eigenvalue weighted by atomic mass is 9.60. The van der Waals surface area contributed by atoms with Gasteiger partial charge in [0.25, 0.3) is 5.91 Å². The Balaban J connectivity index is 1.08. The number of nitrogens with zero attached hydrogens (tertiary/aromatic N) is 2. The highest BCUT2D eigenvalue weighted by Gasteiger charge is 2.64. The minimum Gasteiger partial charge on any atom is -0.496 e. The summed E-state index contributed by atoms with van der Waals surface area (Å²) in [4.78, 5) is 21.3. The summed E-state index contributed by atoms with van der Waals surface area (Å²) >= 11 is 0. The number of methoxy groups -OCH3 is 2. The third kappa shape index (κ3) is 4.52. The van der Waals surface area contributed by atoms with Crippen LogP contribution in [0.4, 0.5) is 0 Å². The normalized spacial score (nSPS) is 28.2. The fourth-order valence-electron chi connectivity index (χ4n) is 8.04. The number of aryl methyl sites for hydroxylation is 1. The predicted octanol–water partition coefficient (Wildman–Crippen LogP) is 4.91. The quantitative estimate of drug-likeness (QED) is 0.402. The number of aromatic nitrogens is 1. The summed E-state index contributed by atoms with van der Waals surface area (Å²) in [6.07, 6.45) is 7.72. The van der Waals surface area contributed by atoms with Crippen LogP contribution >= 0.6 is 0 Å². The molecule has 2 saturated carbocycles. The second kappa shape index (κ2) is 10.2. The van der Waals surface area contributed by atoms with Crippen molar-refractivity contribution in [2.24, 2.45) is 17.3 Å². The van der Waals surface area contributed by atoms with Crippen molar-refractivity contribution >= 4 is 16.8 Å². The summed E-state index contributed by atoms with van der Waals surface area (Å²) in [5.74, 6) is 2.91. The van der Waals surface area contributed by atoms with Crippen molar-refractivity contribution < 1.29 is 14.3 Å². The van der Waals surface area contributed by atoms with Crippen molar-refractivity contribution in [3.63, 3.8) is 0 Å². The number of piperidine rings is 1. The summed E-state index contributed by atoms with van der Waals surface area (Å²) in [5.41, 5.74) is 6.24. The van der Waals surface area contributed by atoms with E-state index in [9.17, 15) is 4.79 Å². The van der Waals surface area contributed by atoms with Gasteiger partial charge in [-0.15, -0.1) is 0 Å². The maximum atomic E-state index is 12.9. The number of benzene rings is 2. The van der Waals surface area contributed by atoms with E-state index in [-0.39, 0.29) is 5.91 Å². The molecule has 0 radical (unpaired) electrons. The molecule has 3 aromatic rings. The number of likely N-dealkylation sites (tertiary alicyclic amines) is 2. The van der Waals surface area contributed by atoms with Crippen LogP contribution < -0.4 is 10.1 Å². The first-order valence-electron chi connectivity index (χ1n) is 15.0. The molecule has 212 valence electrons. The molecule has 4 fully saturated rings. The van der Waals surface area contributed by atoms with Crippen LogP contribution in [0.2, 0.25) is 0 Å². The molecular weight excluding hydrogens is 500 g/mol. The van der Waals surface area contributed by atoms with E-state index >= 15 is 0 Å². The van der Waals surface area contributed by atoms with Gasteiger partial charge in [0, 0.05) is 74.1 Å². The van der Waals surface area contributed by atoms with Crippen LogP contribution in [-0.2, 0) is 11.3 Å². The molecule has 4 aliphatic rings. The highest BCUT2D eigenvalue weighted by molar-refractivity contribution is 5.94. The Kier molecular flexibility index (Phi) is 6.64. The molecule has 2 aliphatic heterocycles. The van der Waals surface area contributed by atoms with Gasteiger partial charge in [0.15, 0.2) is 0 Å². The van der Waals surface area contributed by atoms with Gasteiger partial charge in [-0.05, 0) is 91.8 Å². The molecule has 1 spiro atoms. The first-order chi connectivity index (χ1) is 19.5. The molecule has 3 heterocycles. The minimum absolute atomic E-state index is 0.00592. The van der Waals surface area contributed by atoms with Crippen molar-refractivity contribution in [2.45, 2.75) is 51.3 Å². The van der Waals surface area contributed by atoms with E-state index in [0.29, 0.717) is 24.1 Å². The van der Waals surface area contributed by atoms with Gasteiger partial charge in [-0.25, -0.2) is 0 Å². The maximum absolute atomic E-state index is 12.9. The van der Waals surface area contributed by atoms with Gasteiger partial charge in [-0.1, -0.05) is 12.1 Å². The average Bonchev–Trinajstić information content (AvgIpc) is 3.40. The Morgan fingerprint density at radius 2 is 1.98 bits per heavy atom. The van der Waals surface area contributed by atoms with Gasteiger partial charge >= 0.3 is 0 Å². The molecule has 2 N–H and O–H groups in total. The monoisotopic (exact) mass is 542 g/mol. The van der Waals surface area contributed by atoms with Crippen molar-refractivity contribution in [3.8, 4) is 5.75 Å². The van der Waals surface area contributed by atoms with Crippen LogP contribution in [0.1, 0.15) is 58.8 Å². The van der Waals surface area contributed by atoms with Gasteiger partial charge in [0.1, 0.15) is 5.75 Å². The van der Waals surface area contributed by atoms with E-state index in [1.807, 2.05) is 18.3 Å². The number of fused-ring (bicyclic) bond motifs is 3. The lowest BCUT2D eigenvalue weighted by Crippen LogP contribution is -2.53. The Labute approximate surface area is 237 Å². The molecule has 2 aromatic carbocycles. The summed E-state index contributed by atoms with van der Waals surface area (Å²) in [6, 6.07) is 13.1. The fourth-order valence-corrected chi connectivity index (χ4v) is 8.04. The van der Waals surface area contributed by atoms with Gasteiger partial charge < -0.3 is 19.8 Å². The SMILES string of the molecule is COc1cc(C)c2[nH]ccc2c1CN1CC[C@@]2(C[C@@H]3CC32)C[C@H]1c1ccc(C(=O)NCCN2CC(OC)C2)cc1. The van der Waals surface area contributed by atoms with Gasteiger partial charge in [-0.2, -0.15) is 0 Å². The topological polar surface area (TPSA) is 69.8 Å². The average molecular weight is 543 g/mol. The standard InChI is InChI=1S/C33H42N4O3/c1-21-14-30(40-3)27(26-8-10-34-31(21)26)20-37-12-9-33(16-24-15-28(24)33)17-29(37)22-4-6-23(7-5-22)32(38)35-11-13-36-18-25(19-36)39-2/h4-8,10,14,24-25,28-29,34H,9,11-13,15-20H2,1-3H3,(H,35,38)/t24-,28?,29-,33+/m0/s1. The third-order valence-electron chi connectivity index (χ3n) is 10.5. The number of nitrogens with one attached hydrogen (secondary N) is 2. The first-order valence-corrected chi connectivity index (χ1v) is 15.0. The number of amides is 1. The Hall–Kier alpha value is -2.87. The molecule has 7 rings (SSSR count). The number of carbonyl (C=O) groups excluding carboxylic acids is 1. The highest BCUT2D eigenvalue weighted by atomic mass is 16.5. The number of carbonyl (C=O) groups is 1. The van der Waals surface area contributed by atoms with Crippen molar-refractivity contribution in [1.82, 2.24) is 20.1 Å². The molecule has 7 nitrogen and oxygen atoms in total. The highest BCUT2D eigenvalue weighted by Crippen LogP contribution is 2.72. The van der Waals surface area contributed by atoms with Crippen LogP contribution in [0.25, 0.3) is 10.9 Å². The number of hydrogen-bond donors (Lipinski definition) is 2. The molecule has 40 heavy (non-hydrogen) atoms. The number of ether oxygens (including phenoxy) is 2. The molecule has 2 saturated heterocycles.